The van der Waals surface area contributed by atoms with E-state index in [0.717, 1.165) is 0 Å². The van der Waals surface area contributed by atoms with Gasteiger partial charge in [-0.3, -0.25) is 0 Å². The molecule has 0 spiro atoms. The molecule has 0 atom stereocenters. The Morgan fingerprint density at radius 2 is 0.0833 bits per heavy atom. The molecule has 0 saturated carbocycles. The van der Waals surface area contributed by atoms with Crippen LogP contribution in [0.1, 0.15) is 0 Å². The molecule has 82 N–H and O–H groups in total. The fraction of sp³-hybridized carbons (Fsp3) is 0. The number of hydrogen-bond acceptors (Lipinski definition) is 0. The van der Waals surface area contributed by atoms with Crippen molar-refractivity contribution in [1.29, 1.82) is 0 Å². The molecule has 60 heteroatoms. The van der Waals surface area contributed by atoms with Crippen molar-refractivity contribution < 1.29 is 473 Å². The second-order valence-electron chi connectivity index (χ2n) is 0. The van der Waals surface area contributed by atoms with Gasteiger partial charge in [-0.15, -0.1) is 0 Å². The quantitative estimate of drug-likeness (QED) is 0.204. The van der Waals surface area contributed by atoms with Gasteiger partial charge in [0.25, 0.3) is 0 Å². The van der Waals surface area contributed by atoms with Gasteiger partial charge in [0.05, 0.1) is 0 Å². The maximum atomic E-state index is 0. The van der Waals surface area contributed by atoms with Crippen molar-refractivity contribution in [3.05, 3.63) is 0 Å². The second kappa shape index (κ2) is 1540. The van der Waals surface area contributed by atoms with Gasteiger partial charge >= 0.3 is 0 Å². The van der Waals surface area contributed by atoms with E-state index in [4.69, 9.17) is 0 Å². The van der Waals surface area contributed by atoms with Gasteiger partial charge < -0.3 is 225 Å². The van der Waals surface area contributed by atoms with E-state index in [0.29, 0.717) is 0 Å². The minimum Gasteiger partial charge on any atom is -0.412 e. The molecule has 0 unspecified atom stereocenters. The average molecular weight is 3090 g/mol. The fourth-order valence-electron chi connectivity index (χ4n) is 0. The predicted molar refractivity (Wildman–Crippen MR) is 188 cm³/mol. The molecular formula is H82CuK6O41SiW11. The third-order valence-electron chi connectivity index (χ3n) is 0. The first-order valence-electron chi connectivity index (χ1n) is 0. The van der Waals surface area contributed by atoms with Crippen LogP contribution in [0.3, 0.4) is 0 Å². The Hall–Kier alpha value is 16.5. The third kappa shape index (κ3) is 1480. The molecule has 0 aromatic carbocycles. The first kappa shape index (κ1) is 1600. The van der Waals surface area contributed by atoms with Crippen LogP contribution in [-0.2, 0) is 249 Å². The first-order chi connectivity index (χ1) is 0. The van der Waals surface area contributed by atoms with Crippen molar-refractivity contribution in [2.24, 2.45) is 0 Å². The molecule has 0 amide bonds. The fourth-order valence-corrected chi connectivity index (χ4v) is 0. The van der Waals surface area contributed by atoms with Crippen molar-refractivity contribution in [2.75, 3.05) is 0 Å². The van der Waals surface area contributed by atoms with E-state index < -0.39 is 0 Å². The standard InChI is InChI=1S/Cu.6K.41H2O.Si.11W/h;;;;;;;41*1H2;;;;;;;;;;;;. The molecule has 0 aliphatic rings. The molecule has 0 heterocycles. The summed E-state index contributed by atoms with van der Waals surface area (Å²) in [4.78, 5) is 0. The molecule has 41 nitrogen and oxygen atoms in total. The van der Waals surface area contributed by atoms with Crippen molar-refractivity contribution >= 4 is 319 Å². The second-order valence-corrected chi connectivity index (χ2v) is 0. The van der Waals surface area contributed by atoms with Crippen molar-refractivity contribution in [3.63, 3.8) is 0 Å². The zero-order chi connectivity index (χ0) is 0. The Morgan fingerprint density at radius 3 is 0.0833 bits per heavy atom. The minimum atomic E-state index is 0. The van der Waals surface area contributed by atoms with Gasteiger partial charge in [0, 0.05) is 568 Å². The van der Waals surface area contributed by atoms with Crippen LogP contribution in [0.2, 0.25) is 0 Å². The number of hydrogen-bond donors (Lipinski definition) is 0. The third-order valence-corrected chi connectivity index (χ3v) is 0. The van der Waals surface area contributed by atoms with Gasteiger partial charge in [0.15, 0.2) is 0 Å². The maximum Gasteiger partial charge on any atom is 0 e. The van der Waals surface area contributed by atoms with Crippen molar-refractivity contribution in [3.8, 4) is 0 Å². The van der Waals surface area contributed by atoms with Crippen LogP contribution >= 0.6 is 0 Å². The van der Waals surface area contributed by atoms with E-state index in [9.17, 15) is 0 Å². The molecule has 415 valence electrons. The average Bonchev–Trinajstić information content (AvgIpc) is 0. The summed E-state index contributed by atoms with van der Waals surface area (Å²) in [7, 11) is 0. The molecule has 0 aromatic heterocycles. The SMILES string of the molecule is O.O.O.O.O.O.O.O.O.O.O.O.O.O.O.O.O.O.O.O.O.O.O.O.O.O.O.O.O.O.O.O.O.O.O.O.O.O.O.O.O.[Cu].[K].[K].[K].[K].[K].[K].[Si].[W].[W].[W].[W].[W].[W].[W].[W].[W].[W].[W]. The predicted octanol–water partition coefficient (Wildman–Crippen LogP) is -36.5. The van der Waals surface area contributed by atoms with Gasteiger partial charge in [-0.1, -0.05) is 0 Å². The smallest absolute Gasteiger partial charge is 0 e. The van der Waals surface area contributed by atoms with Gasteiger partial charge in [-0.05, 0) is 0 Å². The summed E-state index contributed by atoms with van der Waals surface area (Å²) in [6, 6.07) is 0. The Kier molecular flexibility index (Phi) is 41200. The van der Waals surface area contributed by atoms with Crippen LogP contribution in [0.15, 0.2) is 0 Å². The van der Waals surface area contributed by atoms with Crippen LogP contribution < -0.4 is 0 Å². The largest absolute Gasteiger partial charge is 0.412 e. The molecule has 0 aliphatic carbocycles. The Bertz CT molecular complexity index is 81.2. The van der Waals surface area contributed by atoms with Gasteiger partial charge in [0.2, 0.25) is 0 Å². The zero-order valence-electron chi connectivity index (χ0n) is 31.8. The van der Waals surface area contributed by atoms with Crippen molar-refractivity contribution in [2.45, 2.75) is 0 Å². The topological polar surface area (TPSA) is 1290 Å². The Morgan fingerprint density at radius 1 is 0.0833 bits per heavy atom. The summed E-state index contributed by atoms with van der Waals surface area (Å²) in [5.74, 6) is 0. The summed E-state index contributed by atoms with van der Waals surface area (Å²) in [5, 5.41) is 0. The van der Waals surface area contributed by atoms with E-state index in [1.807, 2.05) is 0 Å². The maximum absolute atomic E-state index is 0. The van der Waals surface area contributed by atoms with E-state index in [1.54, 1.807) is 0 Å². The summed E-state index contributed by atoms with van der Waals surface area (Å²) in [6.07, 6.45) is 0. The van der Waals surface area contributed by atoms with Crippen LogP contribution in [-0.4, -0.2) is 544 Å². The molecule has 0 aromatic rings. The monoisotopic (exact) mass is 3090 g/mol. The Balaban J connectivity index is 0. The molecule has 0 fully saturated rings. The summed E-state index contributed by atoms with van der Waals surface area (Å²) >= 11 is 0. The van der Waals surface area contributed by atoms with Crippen LogP contribution in [0.25, 0.3) is 0 Å². The molecule has 0 rings (SSSR count). The Labute approximate surface area is 771 Å². The summed E-state index contributed by atoms with van der Waals surface area (Å²) in [5.41, 5.74) is 0. The van der Waals surface area contributed by atoms with E-state index in [1.165, 1.54) is 0 Å². The van der Waals surface area contributed by atoms with Crippen molar-refractivity contribution in [1.82, 2.24) is 0 Å². The molecule has 60 heavy (non-hydrogen) atoms. The van der Waals surface area contributed by atoms with E-state index in [2.05, 4.69) is 0 Å². The van der Waals surface area contributed by atoms with E-state index in [-0.39, 0.29) is 793 Å². The summed E-state index contributed by atoms with van der Waals surface area (Å²) < 4.78 is 0. The minimum absolute atomic E-state index is 0. The summed E-state index contributed by atoms with van der Waals surface area (Å²) in [6.45, 7) is 0. The van der Waals surface area contributed by atoms with Crippen LogP contribution in [0.5, 0.6) is 0 Å². The van der Waals surface area contributed by atoms with Crippen LogP contribution in [0, 0.1) is 0 Å². The molecule has 0 bridgehead atoms. The van der Waals surface area contributed by atoms with E-state index >= 15 is 0 Å². The van der Waals surface area contributed by atoms with Gasteiger partial charge in [-0.25, -0.2) is 0 Å². The molecule has 0 saturated heterocycles. The molecule has 11 radical (unpaired) electrons. The van der Waals surface area contributed by atoms with Crippen LogP contribution in [0.4, 0.5) is 0 Å². The number of rotatable bonds is 0. The van der Waals surface area contributed by atoms with Gasteiger partial charge in [-0.2, -0.15) is 0 Å². The first-order valence-corrected chi connectivity index (χ1v) is 0. The zero-order valence-corrected chi connectivity index (χ0v) is 84.7. The molecule has 0 aliphatic heterocycles. The van der Waals surface area contributed by atoms with Gasteiger partial charge in [0.1, 0.15) is 0 Å². The normalized spacial score (nSPS) is 0. The molecular weight excluding hydrogens is 3000 g/mol.